The molecule has 0 aliphatic carbocycles. The summed E-state index contributed by atoms with van der Waals surface area (Å²) in [5.74, 6) is -4.01. The van der Waals surface area contributed by atoms with Gasteiger partial charge in [-0.25, -0.2) is 0 Å². The Kier molecular flexibility index (Phi) is 9.03. The molecule has 0 aromatic rings. The van der Waals surface area contributed by atoms with E-state index in [0.29, 0.717) is 0 Å². The monoisotopic (exact) mass is 410 g/mol. The summed E-state index contributed by atoms with van der Waals surface area (Å²) in [7, 11) is 0. The molecule has 0 amide bonds. The van der Waals surface area contributed by atoms with Crippen LogP contribution in [0.5, 0.6) is 0 Å². The highest BCUT2D eigenvalue weighted by Gasteiger charge is 2.54. The summed E-state index contributed by atoms with van der Waals surface area (Å²) in [5.41, 5.74) is 0. The molecule has 0 saturated carbocycles. The average Bonchev–Trinajstić information content (AvgIpc) is 2.60. The van der Waals surface area contributed by atoms with Gasteiger partial charge in [0.1, 0.15) is 18.8 Å². The van der Waals surface area contributed by atoms with Crippen molar-refractivity contribution in [3.8, 4) is 12.1 Å². The third kappa shape index (κ3) is 7.05. The van der Waals surface area contributed by atoms with Crippen LogP contribution in [0.2, 0.25) is 0 Å². The zero-order valence-electron chi connectivity index (χ0n) is 16.4. The van der Waals surface area contributed by atoms with Crippen LogP contribution < -0.4 is 0 Å². The Balaban J connectivity index is 3.43. The molecule has 6 atom stereocenters. The van der Waals surface area contributed by atoms with Crippen LogP contribution >= 0.6 is 0 Å². The Bertz CT molecular complexity index is 724. The van der Waals surface area contributed by atoms with Gasteiger partial charge in [-0.15, -0.1) is 0 Å². The lowest BCUT2D eigenvalue weighted by Gasteiger charge is -2.45. The van der Waals surface area contributed by atoms with Gasteiger partial charge in [-0.2, -0.15) is 10.5 Å². The largest absolute Gasteiger partial charge is 0.463 e. The zero-order chi connectivity index (χ0) is 22.1. The summed E-state index contributed by atoms with van der Waals surface area (Å²) < 4.78 is 26.4. The second-order valence-electron chi connectivity index (χ2n) is 6.26. The molecule has 158 valence electrons. The Labute approximate surface area is 167 Å². The van der Waals surface area contributed by atoms with Crippen molar-refractivity contribution in [3.63, 3.8) is 0 Å². The molecule has 0 aromatic heterocycles. The van der Waals surface area contributed by atoms with Gasteiger partial charge in [0.25, 0.3) is 0 Å². The second-order valence-corrected chi connectivity index (χ2v) is 6.26. The van der Waals surface area contributed by atoms with E-state index in [0.717, 1.165) is 27.7 Å². The third-order valence-corrected chi connectivity index (χ3v) is 3.90. The fourth-order valence-corrected chi connectivity index (χ4v) is 2.92. The van der Waals surface area contributed by atoms with Gasteiger partial charge >= 0.3 is 23.9 Å². The number of rotatable bonds is 7. The molecule has 29 heavy (non-hydrogen) atoms. The van der Waals surface area contributed by atoms with E-state index in [1.807, 2.05) is 12.1 Å². The Morgan fingerprint density at radius 2 is 1.38 bits per heavy atom. The number of nitrogens with zero attached hydrogens (tertiary/aromatic N) is 2. The van der Waals surface area contributed by atoms with Crippen LogP contribution in [0.15, 0.2) is 0 Å². The van der Waals surface area contributed by atoms with Gasteiger partial charge < -0.3 is 23.7 Å². The third-order valence-electron chi connectivity index (χ3n) is 3.90. The fourth-order valence-electron chi connectivity index (χ4n) is 2.92. The summed E-state index contributed by atoms with van der Waals surface area (Å²) in [6.07, 6.45) is -6.61. The number of hydrogen-bond donors (Lipinski definition) is 0. The fraction of sp³-hybridized carbons (Fsp3) is 0.667. The van der Waals surface area contributed by atoms with E-state index in [9.17, 15) is 24.4 Å². The first-order valence-electron chi connectivity index (χ1n) is 8.67. The lowest BCUT2D eigenvalue weighted by atomic mass is 9.86. The molecule has 1 aliphatic rings. The summed E-state index contributed by atoms with van der Waals surface area (Å²) >= 11 is 0. The second kappa shape index (κ2) is 11.0. The van der Waals surface area contributed by atoms with Gasteiger partial charge in [-0.1, -0.05) is 0 Å². The number of carbonyl (C=O) groups excluding carboxylic acids is 4. The minimum absolute atomic E-state index is 0.274. The Morgan fingerprint density at radius 1 is 0.862 bits per heavy atom. The van der Waals surface area contributed by atoms with Gasteiger partial charge in [0, 0.05) is 27.7 Å². The summed E-state index contributed by atoms with van der Waals surface area (Å²) in [6, 6.07) is 3.73. The smallest absolute Gasteiger partial charge is 0.303 e. The average molecular weight is 410 g/mol. The predicted octanol–water partition coefficient (Wildman–Crippen LogP) is 0.165. The lowest BCUT2D eigenvalue weighted by Crippen LogP contribution is -2.63. The first kappa shape index (κ1) is 23.9. The van der Waals surface area contributed by atoms with Gasteiger partial charge in [0.05, 0.1) is 24.5 Å². The van der Waals surface area contributed by atoms with Crippen molar-refractivity contribution in [1.82, 2.24) is 0 Å². The molecule has 1 heterocycles. The van der Waals surface area contributed by atoms with Crippen LogP contribution in [0.1, 0.15) is 34.1 Å². The molecule has 0 N–H and O–H groups in total. The highest BCUT2D eigenvalue weighted by Crippen LogP contribution is 2.33. The van der Waals surface area contributed by atoms with Gasteiger partial charge in [0.2, 0.25) is 0 Å². The number of esters is 4. The van der Waals surface area contributed by atoms with Crippen molar-refractivity contribution < 1.29 is 42.9 Å². The normalized spacial score (nSPS) is 26.8. The standard InChI is InChI=1S/C18H22N2O9/c1-9(21)25-8-14-16(26-10(2)22)18(28-12(4)24)17(27-11(3)23)15(29-14)13(7-20)5-6-19/h13-18H,5,8H2,1-4H3/t13?,14-,15+,16+,17+,18+/m1/s1. The maximum absolute atomic E-state index is 11.7. The van der Waals surface area contributed by atoms with E-state index in [2.05, 4.69) is 0 Å². The highest BCUT2D eigenvalue weighted by molar-refractivity contribution is 5.68. The highest BCUT2D eigenvalue weighted by atomic mass is 16.7. The number of carbonyl (C=O) groups is 4. The van der Waals surface area contributed by atoms with Gasteiger partial charge in [-0.3, -0.25) is 19.2 Å². The molecule has 1 unspecified atom stereocenters. The van der Waals surface area contributed by atoms with Crippen molar-refractivity contribution in [2.24, 2.45) is 5.92 Å². The van der Waals surface area contributed by atoms with E-state index in [1.54, 1.807) is 0 Å². The lowest BCUT2D eigenvalue weighted by molar-refractivity contribution is -0.257. The first-order chi connectivity index (χ1) is 13.6. The molecule has 0 radical (unpaired) electrons. The zero-order valence-corrected chi connectivity index (χ0v) is 16.4. The van der Waals surface area contributed by atoms with Crippen LogP contribution in [-0.2, 0) is 42.9 Å². The summed E-state index contributed by atoms with van der Waals surface area (Å²) in [4.78, 5) is 46.1. The molecule has 0 spiro atoms. The van der Waals surface area contributed by atoms with Crippen molar-refractivity contribution in [2.75, 3.05) is 6.61 Å². The van der Waals surface area contributed by atoms with Gasteiger partial charge in [0.15, 0.2) is 18.3 Å². The Morgan fingerprint density at radius 3 is 1.83 bits per heavy atom. The maximum Gasteiger partial charge on any atom is 0.303 e. The van der Waals surface area contributed by atoms with E-state index in [-0.39, 0.29) is 13.0 Å². The quantitative estimate of drug-likeness (QED) is 0.415. The molecular weight excluding hydrogens is 388 g/mol. The summed E-state index contributed by atoms with van der Waals surface area (Å²) in [5, 5.41) is 18.4. The first-order valence-corrected chi connectivity index (χ1v) is 8.67. The van der Waals surface area contributed by atoms with E-state index in [1.165, 1.54) is 0 Å². The molecule has 11 heteroatoms. The molecule has 0 aromatic carbocycles. The van der Waals surface area contributed by atoms with E-state index >= 15 is 0 Å². The molecule has 1 aliphatic heterocycles. The SMILES string of the molecule is CC(=O)OC[C@H]1O[C@@H](C(C#N)CC#N)[C@H](OC(C)=O)[C@@H](OC(C)=O)[C@H]1OC(C)=O. The van der Waals surface area contributed by atoms with Crippen molar-refractivity contribution in [3.05, 3.63) is 0 Å². The van der Waals surface area contributed by atoms with Gasteiger partial charge in [-0.05, 0) is 0 Å². The number of nitriles is 2. The number of ether oxygens (including phenoxy) is 5. The minimum atomic E-state index is -1.35. The van der Waals surface area contributed by atoms with Crippen molar-refractivity contribution in [1.29, 1.82) is 10.5 Å². The van der Waals surface area contributed by atoms with E-state index in [4.69, 9.17) is 28.9 Å². The number of hydrogen-bond acceptors (Lipinski definition) is 11. The molecule has 1 rings (SSSR count). The van der Waals surface area contributed by atoms with Crippen LogP contribution in [-0.4, -0.2) is 61.0 Å². The predicted molar refractivity (Wildman–Crippen MR) is 91.3 cm³/mol. The summed E-state index contributed by atoms with van der Waals surface area (Å²) in [6.45, 7) is 4.06. The minimum Gasteiger partial charge on any atom is -0.463 e. The molecule has 11 nitrogen and oxygen atoms in total. The molecule has 1 saturated heterocycles. The van der Waals surface area contributed by atoms with Crippen LogP contribution in [0.25, 0.3) is 0 Å². The topological polar surface area (TPSA) is 162 Å². The van der Waals surface area contributed by atoms with Crippen molar-refractivity contribution >= 4 is 23.9 Å². The molecule has 1 fully saturated rings. The van der Waals surface area contributed by atoms with Crippen LogP contribution in [0.4, 0.5) is 0 Å². The molecule has 0 bridgehead atoms. The van der Waals surface area contributed by atoms with Crippen molar-refractivity contribution in [2.45, 2.75) is 64.6 Å². The van der Waals surface area contributed by atoms with Crippen LogP contribution in [0, 0.1) is 28.6 Å². The van der Waals surface area contributed by atoms with E-state index < -0.39 is 60.3 Å². The van der Waals surface area contributed by atoms with Crippen LogP contribution in [0.3, 0.4) is 0 Å². The Hall–Kier alpha value is -3.18. The maximum atomic E-state index is 11.7. The molecular formula is C18H22N2O9.